The van der Waals surface area contributed by atoms with Gasteiger partial charge in [-0.2, -0.15) is 0 Å². The number of nitrogens with zero attached hydrogens (tertiary/aromatic N) is 2. The summed E-state index contributed by atoms with van der Waals surface area (Å²) < 4.78 is 0. The van der Waals surface area contributed by atoms with Crippen molar-refractivity contribution < 1.29 is 5.11 Å². The first kappa shape index (κ1) is 9.27. The molecule has 0 aromatic carbocycles. The van der Waals surface area contributed by atoms with E-state index in [2.05, 4.69) is 9.88 Å². The molecular weight excluding hydrogens is 178 g/mol. The van der Waals surface area contributed by atoms with E-state index >= 15 is 0 Å². The number of hydrogen-bond acceptors (Lipinski definition) is 4. The van der Waals surface area contributed by atoms with Crippen LogP contribution in [0, 0.1) is 0 Å². The van der Waals surface area contributed by atoms with Gasteiger partial charge in [0.05, 0.1) is 6.10 Å². The Bertz CT molecular complexity index is 316. The minimum atomic E-state index is -0.210. The third-order valence-electron chi connectivity index (χ3n) is 2.53. The first-order chi connectivity index (χ1) is 6.75. The third-order valence-corrected chi connectivity index (χ3v) is 2.53. The quantitative estimate of drug-likeness (QED) is 0.686. The number of β-amino-alcohol motifs (C(OH)–C–C–N with tert-alkyl or cyclic N) is 1. The van der Waals surface area contributed by atoms with E-state index in [4.69, 9.17) is 5.73 Å². The van der Waals surface area contributed by atoms with Gasteiger partial charge in [-0.1, -0.05) is 0 Å². The molecule has 3 N–H and O–H groups in total. The van der Waals surface area contributed by atoms with Crippen molar-refractivity contribution in [1.82, 2.24) is 4.98 Å². The molecule has 1 fully saturated rings. The van der Waals surface area contributed by atoms with Gasteiger partial charge in [-0.25, -0.2) is 4.98 Å². The van der Waals surface area contributed by atoms with Gasteiger partial charge in [-0.05, 0) is 18.9 Å². The fourth-order valence-electron chi connectivity index (χ4n) is 1.82. The van der Waals surface area contributed by atoms with Crippen molar-refractivity contribution in [3.63, 3.8) is 0 Å². The van der Waals surface area contributed by atoms with E-state index in [-0.39, 0.29) is 6.10 Å². The summed E-state index contributed by atoms with van der Waals surface area (Å²) in [5, 5.41) is 9.52. The molecule has 0 saturated carbocycles. The van der Waals surface area contributed by atoms with Gasteiger partial charge < -0.3 is 15.7 Å². The predicted octanol–water partition coefficient (Wildman–Crippen LogP) is 0.625. The van der Waals surface area contributed by atoms with Gasteiger partial charge in [-0.3, -0.25) is 0 Å². The van der Waals surface area contributed by atoms with Crippen LogP contribution in [0.4, 0.5) is 11.5 Å². The zero-order valence-electron chi connectivity index (χ0n) is 8.06. The molecule has 14 heavy (non-hydrogen) atoms. The minimum absolute atomic E-state index is 0.210. The Hall–Kier alpha value is -1.29. The Morgan fingerprint density at radius 1 is 1.57 bits per heavy atom. The van der Waals surface area contributed by atoms with Crippen molar-refractivity contribution in [3.05, 3.63) is 18.3 Å². The zero-order chi connectivity index (χ0) is 9.97. The maximum Gasteiger partial charge on any atom is 0.125 e. The van der Waals surface area contributed by atoms with Crippen LogP contribution in [-0.4, -0.2) is 29.3 Å². The second kappa shape index (κ2) is 3.84. The molecule has 1 saturated heterocycles. The molecule has 1 atom stereocenters. The first-order valence-corrected chi connectivity index (χ1v) is 4.90. The maximum atomic E-state index is 9.52. The number of aliphatic hydroxyl groups excluding tert-OH is 1. The lowest BCUT2D eigenvalue weighted by atomic mass is 10.1. The first-order valence-electron chi connectivity index (χ1n) is 4.90. The molecule has 1 aromatic rings. The Morgan fingerprint density at radius 3 is 3.14 bits per heavy atom. The molecule has 0 bridgehead atoms. The molecule has 76 valence electrons. The molecule has 0 amide bonds. The zero-order valence-corrected chi connectivity index (χ0v) is 8.06. The molecule has 4 nitrogen and oxygen atoms in total. The summed E-state index contributed by atoms with van der Waals surface area (Å²) in [5.41, 5.74) is 6.65. The molecule has 1 aromatic heterocycles. The van der Waals surface area contributed by atoms with Crippen LogP contribution in [0.2, 0.25) is 0 Å². The molecule has 2 heterocycles. The van der Waals surface area contributed by atoms with Crippen LogP contribution in [0.25, 0.3) is 0 Å². The van der Waals surface area contributed by atoms with Crippen molar-refractivity contribution >= 4 is 11.5 Å². The van der Waals surface area contributed by atoms with Crippen LogP contribution >= 0.6 is 0 Å². The highest BCUT2D eigenvalue weighted by atomic mass is 16.3. The Labute approximate surface area is 83.4 Å². The van der Waals surface area contributed by atoms with Crippen molar-refractivity contribution in [1.29, 1.82) is 0 Å². The van der Waals surface area contributed by atoms with Gasteiger partial charge in [0.15, 0.2) is 0 Å². The van der Waals surface area contributed by atoms with E-state index in [0.717, 1.165) is 25.1 Å². The number of pyridine rings is 1. The summed E-state index contributed by atoms with van der Waals surface area (Å²) >= 11 is 0. The third kappa shape index (κ3) is 1.96. The molecule has 1 aliphatic heterocycles. The summed E-state index contributed by atoms with van der Waals surface area (Å²) in [6, 6.07) is 3.77. The lowest BCUT2D eigenvalue weighted by Crippen LogP contribution is -2.38. The standard InChI is InChI=1S/C10H15N3O/c11-10-6-8(3-4-12-10)13-5-1-2-9(14)7-13/h3-4,6,9,14H,1-2,5,7H2,(H2,11,12). The van der Waals surface area contributed by atoms with Crippen molar-refractivity contribution in [2.24, 2.45) is 0 Å². The number of piperidine rings is 1. The largest absolute Gasteiger partial charge is 0.391 e. The van der Waals surface area contributed by atoms with E-state index in [1.807, 2.05) is 12.1 Å². The van der Waals surface area contributed by atoms with Gasteiger partial charge >= 0.3 is 0 Å². The lowest BCUT2D eigenvalue weighted by molar-refractivity contribution is 0.154. The van der Waals surface area contributed by atoms with Crippen LogP contribution < -0.4 is 10.6 Å². The van der Waals surface area contributed by atoms with Crippen molar-refractivity contribution in [2.75, 3.05) is 23.7 Å². The Balaban J connectivity index is 2.14. The lowest BCUT2D eigenvalue weighted by Gasteiger charge is -2.31. The number of hydrogen-bond donors (Lipinski definition) is 2. The SMILES string of the molecule is Nc1cc(N2CCCC(O)C2)ccn1. The summed E-state index contributed by atoms with van der Waals surface area (Å²) in [5.74, 6) is 0.530. The molecule has 2 rings (SSSR count). The molecule has 1 aliphatic rings. The number of aromatic nitrogens is 1. The van der Waals surface area contributed by atoms with E-state index in [1.165, 1.54) is 0 Å². The topological polar surface area (TPSA) is 62.4 Å². The van der Waals surface area contributed by atoms with Crippen LogP contribution in [0.15, 0.2) is 18.3 Å². The highest BCUT2D eigenvalue weighted by molar-refractivity contribution is 5.52. The second-order valence-electron chi connectivity index (χ2n) is 3.68. The monoisotopic (exact) mass is 193 g/mol. The average Bonchev–Trinajstić information content (AvgIpc) is 2.18. The van der Waals surface area contributed by atoms with Crippen molar-refractivity contribution in [2.45, 2.75) is 18.9 Å². The average molecular weight is 193 g/mol. The Kier molecular flexibility index (Phi) is 2.54. The Morgan fingerprint density at radius 2 is 2.43 bits per heavy atom. The number of rotatable bonds is 1. The molecule has 4 heteroatoms. The van der Waals surface area contributed by atoms with Crippen LogP contribution in [0.3, 0.4) is 0 Å². The highest BCUT2D eigenvalue weighted by Gasteiger charge is 2.17. The fraction of sp³-hybridized carbons (Fsp3) is 0.500. The fourth-order valence-corrected chi connectivity index (χ4v) is 1.82. The van der Waals surface area contributed by atoms with Gasteiger partial charge in [0.1, 0.15) is 5.82 Å². The number of nitrogen functional groups attached to an aromatic ring is 1. The molecule has 0 spiro atoms. The number of aliphatic hydroxyl groups is 1. The normalized spacial score (nSPS) is 22.4. The van der Waals surface area contributed by atoms with E-state index in [1.54, 1.807) is 6.20 Å². The highest BCUT2D eigenvalue weighted by Crippen LogP contribution is 2.20. The van der Waals surface area contributed by atoms with Gasteiger partial charge in [0, 0.05) is 31.0 Å². The smallest absolute Gasteiger partial charge is 0.125 e. The predicted molar refractivity (Wildman–Crippen MR) is 56.1 cm³/mol. The summed E-state index contributed by atoms with van der Waals surface area (Å²) in [4.78, 5) is 6.09. The molecule has 1 unspecified atom stereocenters. The van der Waals surface area contributed by atoms with Crippen molar-refractivity contribution in [3.8, 4) is 0 Å². The minimum Gasteiger partial charge on any atom is -0.391 e. The van der Waals surface area contributed by atoms with Crippen LogP contribution in [0.5, 0.6) is 0 Å². The van der Waals surface area contributed by atoms with Crippen LogP contribution in [-0.2, 0) is 0 Å². The second-order valence-corrected chi connectivity index (χ2v) is 3.68. The summed E-state index contributed by atoms with van der Waals surface area (Å²) in [7, 11) is 0. The number of nitrogens with two attached hydrogens (primary N) is 1. The van der Waals surface area contributed by atoms with E-state index in [0.29, 0.717) is 12.4 Å². The molecule has 0 aliphatic carbocycles. The number of anilines is 2. The summed E-state index contributed by atoms with van der Waals surface area (Å²) in [6.07, 6.45) is 3.42. The van der Waals surface area contributed by atoms with E-state index in [9.17, 15) is 5.11 Å². The maximum absolute atomic E-state index is 9.52. The molecule has 0 radical (unpaired) electrons. The van der Waals surface area contributed by atoms with E-state index < -0.39 is 0 Å². The van der Waals surface area contributed by atoms with Gasteiger partial charge in [-0.15, -0.1) is 0 Å². The van der Waals surface area contributed by atoms with Crippen LogP contribution in [0.1, 0.15) is 12.8 Å². The molecular formula is C10H15N3O. The summed E-state index contributed by atoms with van der Waals surface area (Å²) in [6.45, 7) is 1.68. The van der Waals surface area contributed by atoms with Gasteiger partial charge in [0.25, 0.3) is 0 Å². The van der Waals surface area contributed by atoms with Gasteiger partial charge in [0.2, 0.25) is 0 Å².